The first-order valence-electron chi connectivity index (χ1n) is 13.9. The Morgan fingerprint density at radius 3 is 2.00 bits per heavy atom. The molecule has 49 heavy (non-hydrogen) atoms. The van der Waals surface area contributed by atoms with Gasteiger partial charge in [-0.2, -0.15) is 0 Å². The molecule has 0 spiro atoms. The molecular formula is C30H28N2O17. The Morgan fingerprint density at radius 1 is 0.878 bits per heavy atom. The lowest BCUT2D eigenvalue weighted by Crippen LogP contribution is -2.64. The first-order valence-corrected chi connectivity index (χ1v) is 13.9. The fraction of sp³-hybridized carbons (Fsp3) is 0.367. The minimum atomic E-state index is -1.90. The predicted octanol–water partition coefficient (Wildman–Crippen LogP) is 2.85. The van der Waals surface area contributed by atoms with Crippen LogP contribution in [0.5, 0.6) is 11.5 Å². The maximum absolute atomic E-state index is 12.7. The zero-order chi connectivity index (χ0) is 36.4. The molecular weight excluding hydrogens is 660 g/mol. The molecule has 1 heterocycles. The second-order valence-electron chi connectivity index (χ2n) is 9.89. The summed E-state index contributed by atoms with van der Waals surface area (Å²) in [6, 6.07) is 7.71. The van der Waals surface area contributed by atoms with Crippen LogP contribution in [-0.4, -0.2) is 77.7 Å². The summed E-state index contributed by atoms with van der Waals surface area (Å²) in [5, 5.41) is 23.0. The van der Waals surface area contributed by atoms with E-state index in [4.69, 9.17) is 44.3 Å². The largest absolute Gasteiger partial charge is 0.514 e. The summed E-state index contributed by atoms with van der Waals surface area (Å²) in [4.78, 5) is 82.6. The smallest absolute Gasteiger partial charge is 0.467 e. The fourth-order valence-corrected chi connectivity index (χ4v) is 4.48. The van der Waals surface area contributed by atoms with Crippen LogP contribution in [0.2, 0.25) is 0 Å². The number of carbonyl (C=O) groups excluding carboxylic acids is 5. The van der Waals surface area contributed by atoms with E-state index >= 15 is 0 Å². The molecule has 2 aromatic carbocycles. The van der Waals surface area contributed by atoms with Crippen LogP contribution in [0.3, 0.4) is 0 Å². The Bertz CT molecular complexity index is 1650. The number of nitro groups is 2. The lowest BCUT2D eigenvalue weighted by molar-refractivity contribution is -0.387. The van der Waals surface area contributed by atoms with Gasteiger partial charge in [-0.1, -0.05) is 6.07 Å². The first-order chi connectivity index (χ1) is 23.1. The van der Waals surface area contributed by atoms with Crippen LogP contribution in [0, 0.1) is 32.6 Å². The molecule has 0 amide bonds. The minimum absolute atomic E-state index is 0.00102. The molecule has 0 bridgehead atoms. The third kappa shape index (κ3) is 9.85. The van der Waals surface area contributed by atoms with Gasteiger partial charge in [0.05, 0.1) is 23.4 Å². The van der Waals surface area contributed by atoms with Crippen LogP contribution in [0.1, 0.15) is 38.9 Å². The number of ether oxygens (including phenoxy) is 8. The van der Waals surface area contributed by atoms with Gasteiger partial charge in [0.2, 0.25) is 12.4 Å². The molecule has 6 atom stereocenters. The minimum Gasteiger partial charge on any atom is -0.467 e. The van der Waals surface area contributed by atoms with E-state index in [9.17, 15) is 44.2 Å². The van der Waals surface area contributed by atoms with Crippen LogP contribution in [0.15, 0.2) is 42.5 Å². The van der Waals surface area contributed by atoms with Crippen molar-refractivity contribution in [2.75, 3.05) is 7.11 Å². The molecule has 19 heteroatoms. The fourth-order valence-electron chi connectivity index (χ4n) is 4.48. The number of non-ortho nitro benzene ring substituents is 1. The summed E-state index contributed by atoms with van der Waals surface area (Å²) in [5.41, 5.74) is -1.01. The lowest BCUT2D eigenvalue weighted by Gasteiger charge is -2.42. The van der Waals surface area contributed by atoms with Gasteiger partial charge in [-0.25, -0.2) is 9.59 Å². The molecule has 3 rings (SSSR count). The summed E-state index contributed by atoms with van der Waals surface area (Å²) in [7, 11) is 0.978. The summed E-state index contributed by atoms with van der Waals surface area (Å²) in [6.07, 6.45) is -6.36. The van der Waals surface area contributed by atoms with Gasteiger partial charge in [0.1, 0.15) is 11.9 Å². The molecule has 0 radical (unpaired) electrons. The van der Waals surface area contributed by atoms with Crippen molar-refractivity contribution >= 4 is 41.4 Å². The van der Waals surface area contributed by atoms with E-state index in [-0.39, 0.29) is 23.4 Å². The standard InChI is InChI=1S/C30H28N2O17/c1-6-7-22(48-30(37)46-20-11-9-19(10-12-20)31(38)39)18-8-13-23(21(14-18)32(40)41)47-29-27(45-17(4)35)25(44-16(3)34)24(43-15(2)33)26(49-29)28(36)42-5/h1,8-14,22,24-27,29H,7H2,2-5H3/t22-,24+,25+,26+,27-,29-/m1/s1. The van der Waals surface area contributed by atoms with Gasteiger partial charge in [0.25, 0.3) is 5.69 Å². The molecule has 19 nitrogen and oxygen atoms in total. The molecule has 0 aliphatic carbocycles. The predicted molar refractivity (Wildman–Crippen MR) is 157 cm³/mol. The van der Waals surface area contributed by atoms with Gasteiger partial charge >= 0.3 is 35.7 Å². The monoisotopic (exact) mass is 688 g/mol. The van der Waals surface area contributed by atoms with Gasteiger partial charge in [0, 0.05) is 44.5 Å². The van der Waals surface area contributed by atoms with Crippen LogP contribution < -0.4 is 9.47 Å². The van der Waals surface area contributed by atoms with Crippen molar-refractivity contribution in [2.45, 2.75) is 64.0 Å². The topological polar surface area (TPSA) is 245 Å². The van der Waals surface area contributed by atoms with Crippen molar-refractivity contribution in [3.63, 3.8) is 0 Å². The zero-order valence-electron chi connectivity index (χ0n) is 26.1. The quantitative estimate of drug-likeness (QED) is 0.0776. The number of nitro benzene ring substituents is 2. The van der Waals surface area contributed by atoms with E-state index in [2.05, 4.69) is 5.92 Å². The summed E-state index contributed by atoms with van der Waals surface area (Å²) >= 11 is 0. The average molecular weight is 689 g/mol. The highest BCUT2D eigenvalue weighted by Gasteiger charge is 2.56. The van der Waals surface area contributed by atoms with E-state index in [1.165, 1.54) is 6.07 Å². The molecule has 0 saturated carbocycles. The number of rotatable bonds is 12. The molecule has 2 aromatic rings. The van der Waals surface area contributed by atoms with Gasteiger partial charge in [-0.15, -0.1) is 12.3 Å². The van der Waals surface area contributed by atoms with Crippen LogP contribution in [0.4, 0.5) is 16.2 Å². The molecule has 1 aliphatic heterocycles. The maximum Gasteiger partial charge on any atom is 0.514 e. The lowest BCUT2D eigenvalue weighted by atomic mass is 9.97. The number of esters is 4. The van der Waals surface area contributed by atoms with Crippen molar-refractivity contribution in [1.82, 2.24) is 0 Å². The van der Waals surface area contributed by atoms with Gasteiger partial charge in [-0.3, -0.25) is 34.6 Å². The molecule has 1 saturated heterocycles. The zero-order valence-corrected chi connectivity index (χ0v) is 26.1. The van der Waals surface area contributed by atoms with Gasteiger partial charge in [-0.05, 0) is 18.2 Å². The first kappa shape index (κ1) is 37.2. The van der Waals surface area contributed by atoms with Crippen LogP contribution in [0.25, 0.3) is 0 Å². The molecule has 260 valence electrons. The molecule has 1 fully saturated rings. The SMILES string of the molecule is C#CC[C@@H](OC(=O)Oc1ccc([N+](=O)[O-])cc1)c1ccc(O[C@@H]2O[C@H](C(=O)OC)[C@@H](OC(C)=O)[C@H](OC(C)=O)[C@H]2OC(C)=O)c([N+](=O)[O-])c1. The van der Waals surface area contributed by atoms with Crippen molar-refractivity contribution in [3.05, 3.63) is 68.3 Å². The van der Waals surface area contributed by atoms with E-state index in [1.807, 2.05) is 0 Å². The van der Waals surface area contributed by atoms with Crippen molar-refractivity contribution in [3.8, 4) is 23.8 Å². The number of methoxy groups -OCH3 is 1. The van der Waals surface area contributed by atoms with E-state index in [0.29, 0.717) is 0 Å². The molecule has 0 unspecified atom stereocenters. The highest BCUT2D eigenvalue weighted by molar-refractivity contribution is 5.77. The Labute approximate surface area is 276 Å². The number of benzene rings is 2. The van der Waals surface area contributed by atoms with Crippen molar-refractivity contribution in [2.24, 2.45) is 0 Å². The number of nitrogens with zero attached hydrogens (tertiary/aromatic N) is 2. The number of carbonyl (C=O) groups is 5. The average Bonchev–Trinajstić information content (AvgIpc) is 3.02. The third-order valence-corrected chi connectivity index (χ3v) is 6.42. The van der Waals surface area contributed by atoms with Gasteiger partial charge in [0.15, 0.2) is 24.1 Å². The van der Waals surface area contributed by atoms with Crippen LogP contribution in [-0.2, 0) is 47.6 Å². The third-order valence-electron chi connectivity index (χ3n) is 6.42. The van der Waals surface area contributed by atoms with Crippen molar-refractivity contribution < 1.29 is 71.7 Å². The number of hydrogen-bond donors (Lipinski definition) is 0. The summed E-state index contributed by atoms with van der Waals surface area (Å²) in [6.45, 7) is 2.94. The Hall–Kier alpha value is -6.29. The van der Waals surface area contributed by atoms with Crippen LogP contribution >= 0.6 is 0 Å². The molecule has 1 aliphatic rings. The van der Waals surface area contributed by atoms with E-state index < -0.39 is 88.1 Å². The van der Waals surface area contributed by atoms with E-state index in [1.54, 1.807) is 0 Å². The number of terminal acetylenes is 1. The Morgan fingerprint density at radius 2 is 1.47 bits per heavy atom. The van der Waals surface area contributed by atoms with Crippen molar-refractivity contribution in [1.29, 1.82) is 0 Å². The summed E-state index contributed by atoms with van der Waals surface area (Å²) < 4.78 is 42.1. The highest BCUT2D eigenvalue weighted by atomic mass is 16.7. The Balaban J connectivity index is 1.97. The summed E-state index contributed by atoms with van der Waals surface area (Å²) in [5.74, 6) is -2.34. The maximum atomic E-state index is 12.7. The Kier molecular flexibility index (Phi) is 12.5. The van der Waals surface area contributed by atoms with Gasteiger partial charge < -0.3 is 37.9 Å². The molecule has 0 N–H and O–H groups in total. The number of hydrogen-bond acceptors (Lipinski definition) is 17. The molecule has 0 aromatic heterocycles. The second kappa shape index (κ2) is 16.5. The highest BCUT2D eigenvalue weighted by Crippen LogP contribution is 2.37. The van der Waals surface area contributed by atoms with E-state index in [0.717, 1.165) is 64.3 Å². The normalized spacial score (nSPS) is 20.3. The second-order valence-corrected chi connectivity index (χ2v) is 9.89.